The van der Waals surface area contributed by atoms with Crippen LogP contribution in [0, 0.1) is 0 Å². The monoisotopic (exact) mass is 416 g/mol. The summed E-state index contributed by atoms with van der Waals surface area (Å²) in [4.78, 5) is 30.6. The van der Waals surface area contributed by atoms with E-state index >= 15 is 0 Å². The van der Waals surface area contributed by atoms with Crippen molar-refractivity contribution >= 4 is 17.1 Å². The van der Waals surface area contributed by atoms with Gasteiger partial charge >= 0.3 is 6.18 Å². The van der Waals surface area contributed by atoms with Crippen molar-refractivity contribution in [3.8, 4) is 11.3 Å². The first-order valence-electron chi connectivity index (χ1n) is 8.78. The minimum Gasteiger partial charge on any atom is -0.394 e. The van der Waals surface area contributed by atoms with Crippen molar-refractivity contribution < 1.29 is 23.1 Å². The van der Waals surface area contributed by atoms with E-state index in [-0.39, 0.29) is 11.3 Å². The summed E-state index contributed by atoms with van der Waals surface area (Å²) in [5.41, 5.74) is 1.63. The van der Waals surface area contributed by atoms with Crippen LogP contribution in [0.1, 0.15) is 27.7 Å². The van der Waals surface area contributed by atoms with Crippen molar-refractivity contribution in [3.63, 3.8) is 0 Å². The molecular weight excluding hydrogens is 401 g/mol. The minimum atomic E-state index is -4.52. The zero-order valence-electron chi connectivity index (χ0n) is 15.2. The van der Waals surface area contributed by atoms with Crippen LogP contribution in [0.5, 0.6) is 0 Å². The Labute approximate surface area is 167 Å². The number of H-pyrrole nitrogens is 2. The normalized spacial score (nSPS) is 12.8. The second kappa shape index (κ2) is 7.59. The number of aliphatic hydroxyl groups excluding tert-OH is 1. The average molecular weight is 416 g/mol. The number of carbonyl (C=O) groups excluding carboxylic acids is 1. The van der Waals surface area contributed by atoms with Crippen LogP contribution >= 0.6 is 0 Å². The van der Waals surface area contributed by atoms with Gasteiger partial charge in [-0.15, -0.1) is 0 Å². The van der Waals surface area contributed by atoms with E-state index < -0.39 is 30.3 Å². The molecule has 1 aromatic carbocycles. The van der Waals surface area contributed by atoms with Gasteiger partial charge in [0.1, 0.15) is 23.2 Å². The molecule has 1 atom stereocenters. The summed E-state index contributed by atoms with van der Waals surface area (Å²) < 4.78 is 38.8. The molecule has 1 amide bonds. The number of carbonyl (C=O) groups is 1. The number of benzene rings is 1. The fourth-order valence-corrected chi connectivity index (χ4v) is 3.05. The number of nitrogens with one attached hydrogen (secondary N) is 3. The van der Waals surface area contributed by atoms with Crippen LogP contribution in [-0.4, -0.2) is 42.5 Å². The molecule has 4 rings (SSSR count). The number of aromatic nitrogens is 5. The molecule has 0 fully saturated rings. The highest BCUT2D eigenvalue weighted by Gasteiger charge is 2.31. The Bertz CT molecular complexity index is 1200. The van der Waals surface area contributed by atoms with Crippen molar-refractivity contribution in [3.05, 3.63) is 66.0 Å². The summed E-state index contributed by atoms with van der Waals surface area (Å²) >= 11 is 0. The topological polar surface area (TPSA) is 120 Å². The third kappa shape index (κ3) is 3.74. The third-order valence-electron chi connectivity index (χ3n) is 4.53. The minimum absolute atomic E-state index is 0.141. The molecule has 4 N–H and O–H groups in total. The number of amides is 1. The Balaban J connectivity index is 1.56. The number of rotatable bonds is 5. The Kier molecular flexibility index (Phi) is 4.96. The second-order valence-electron chi connectivity index (χ2n) is 6.46. The van der Waals surface area contributed by atoms with Gasteiger partial charge in [0.2, 0.25) is 0 Å². The number of alkyl halides is 3. The van der Waals surface area contributed by atoms with Crippen LogP contribution in [-0.2, 0) is 6.18 Å². The maximum absolute atomic E-state index is 12.9. The average Bonchev–Trinajstić information content (AvgIpc) is 3.40. The third-order valence-corrected chi connectivity index (χ3v) is 4.53. The van der Waals surface area contributed by atoms with Crippen LogP contribution in [0.2, 0.25) is 0 Å². The molecule has 0 spiro atoms. The van der Waals surface area contributed by atoms with Crippen LogP contribution in [0.15, 0.2) is 49.2 Å². The quantitative estimate of drug-likeness (QED) is 0.399. The highest BCUT2D eigenvalue weighted by atomic mass is 19.4. The smallest absolute Gasteiger partial charge is 0.394 e. The van der Waals surface area contributed by atoms with Crippen LogP contribution in [0.4, 0.5) is 13.2 Å². The maximum Gasteiger partial charge on any atom is 0.416 e. The van der Waals surface area contributed by atoms with Gasteiger partial charge in [-0.25, -0.2) is 15.0 Å². The summed E-state index contributed by atoms with van der Waals surface area (Å²) in [6.45, 7) is -0.568. The van der Waals surface area contributed by atoms with Crippen molar-refractivity contribution in [1.29, 1.82) is 0 Å². The highest BCUT2D eigenvalue weighted by Crippen LogP contribution is 2.31. The first kappa shape index (κ1) is 19.6. The van der Waals surface area contributed by atoms with Crippen LogP contribution in [0.25, 0.3) is 22.4 Å². The second-order valence-corrected chi connectivity index (χ2v) is 6.46. The summed E-state index contributed by atoms with van der Waals surface area (Å²) in [5.74, 6) is -0.590. The maximum atomic E-state index is 12.9. The number of hydrogen-bond donors (Lipinski definition) is 4. The van der Waals surface area contributed by atoms with Gasteiger partial charge in [-0.3, -0.25) is 4.79 Å². The lowest BCUT2D eigenvalue weighted by molar-refractivity contribution is -0.137. The van der Waals surface area contributed by atoms with Gasteiger partial charge in [0, 0.05) is 11.8 Å². The fraction of sp³-hybridized carbons (Fsp3) is 0.158. The van der Waals surface area contributed by atoms with E-state index in [1.54, 1.807) is 12.3 Å². The predicted molar refractivity (Wildman–Crippen MR) is 100 cm³/mol. The molecule has 4 aromatic rings. The Morgan fingerprint density at radius 2 is 2.00 bits per heavy atom. The first-order chi connectivity index (χ1) is 14.4. The molecule has 3 aromatic heterocycles. The number of halogens is 3. The lowest BCUT2D eigenvalue weighted by Gasteiger charge is -2.18. The van der Waals surface area contributed by atoms with Gasteiger partial charge in [0.15, 0.2) is 5.65 Å². The fourth-order valence-electron chi connectivity index (χ4n) is 3.05. The predicted octanol–water partition coefficient (Wildman–Crippen LogP) is 2.83. The number of aromatic amines is 2. The molecule has 30 heavy (non-hydrogen) atoms. The van der Waals surface area contributed by atoms with Gasteiger partial charge in [-0.2, -0.15) is 13.2 Å². The van der Waals surface area contributed by atoms with Crippen LogP contribution < -0.4 is 5.32 Å². The molecule has 3 heterocycles. The summed E-state index contributed by atoms with van der Waals surface area (Å²) in [6.07, 6.45) is -0.135. The molecule has 11 heteroatoms. The van der Waals surface area contributed by atoms with Gasteiger partial charge < -0.3 is 20.4 Å². The van der Waals surface area contributed by atoms with Crippen molar-refractivity contribution in [2.24, 2.45) is 0 Å². The standard InChI is InChI=1S/C19H15F3N6O2/c20-19(21,22)12-3-1-2-10(4-12)14(7-29)28-18(30)13-5-11(6-23-13)15-16-17(26-8-24-15)27-9-25-16/h1-6,8-9,14,23,29H,7H2,(H,28,30)(H,24,25,26,27)/t14-/m0/s1. The van der Waals surface area contributed by atoms with Crippen LogP contribution in [0.3, 0.4) is 0 Å². The van der Waals surface area contributed by atoms with Gasteiger partial charge in [-0.05, 0) is 23.8 Å². The summed E-state index contributed by atoms with van der Waals surface area (Å²) in [5, 5.41) is 12.1. The number of aliphatic hydroxyl groups is 1. The Hall–Kier alpha value is -3.73. The van der Waals surface area contributed by atoms with E-state index in [4.69, 9.17) is 0 Å². The molecule has 0 radical (unpaired) electrons. The van der Waals surface area contributed by atoms with Gasteiger partial charge in [0.25, 0.3) is 5.91 Å². The van der Waals surface area contributed by atoms with Crippen molar-refractivity contribution in [1.82, 2.24) is 30.2 Å². The molecule has 0 unspecified atom stereocenters. The van der Waals surface area contributed by atoms with E-state index in [9.17, 15) is 23.1 Å². The molecule has 0 saturated carbocycles. The lowest BCUT2D eigenvalue weighted by Crippen LogP contribution is -2.31. The molecule has 0 aliphatic heterocycles. The molecule has 0 bridgehead atoms. The first-order valence-corrected chi connectivity index (χ1v) is 8.78. The van der Waals surface area contributed by atoms with E-state index in [1.807, 2.05) is 0 Å². The van der Waals surface area contributed by atoms with Crippen molar-refractivity contribution in [2.45, 2.75) is 12.2 Å². The molecule has 154 valence electrons. The molecule has 8 nitrogen and oxygen atoms in total. The summed E-state index contributed by atoms with van der Waals surface area (Å²) in [7, 11) is 0. The molecule has 0 saturated heterocycles. The number of fused-ring (bicyclic) bond motifs is 1. The van der Waals surface area contributed by atoms with E-state index in [0.717, 1.165) is 12.1 Å². The van der Waals surface area contributed by atoms with E-state index in [0.29, 0.717) is 22.4 Å². The molecule has 0 aliphatic carbocycles. The van der Waals surface area contributed by atoms with Gasteiger partial charge in [-0.1, -0.05) is 12.1 Å². The van der Waals surface area contributed by atoms with E-state index in [1.165, 1.54) is 24.8 Å². The van der Waals surface area contributed by atoms with Gasteiger partial charge in [0.05, 0.1) is 24.5 Å². The van der Waals surface area contributed by atoms with E-state index in [2.05, 4.69) is 30.2 Å². The highest BCUT2D eigenvalue weighted by molar-refractivity contribution is 5.95. The summed E-state index contributed by atoms with van der Waals surface area (Å²) in [6, 6.07) is 4.99. The number of hydrogen-bond acceptors (Lipinski definition) is 5. The SMILES string of the molecule is O=C(N[C@@H](CO)c1cccc(C(F)(F)F)c1)c1cc(-c2ncnc3nc[nH]c23)c[nH]1. The lowest BCUT2D eigenvalue weighted by atomic mass is 10.0. The van der Waals surface area contributed by atoms with Crippen molar-refractivity contribution in [2.75, 3.05) is 6.61 Å². The zero-order chi connectivity index (χ0) is 21.3. The molecular formula is C19H15F3N6O2. The number of imidazole rings is 1. The largest absolute Gasteiger partial charge is 0.416 e. The molecule has 0 aliphatic rings. The Morgan fingerprint density at radius 3 is 2.77 bits per heavy atom. The Morgan fingerprint density at radius 1 is 1.17 bits per heavy atom. The number of nitrogens with zero attached hydrogens (tertiary/aromatic N) is 3. The zero-order valence-corrected chi connectivity index (χ0v) is 15.2.